The van der Waals surface area contributed by atoms with Crippen LogP contribution in [-0.2, 0) is 6.54 Å². The van der Waals surface area contributed by atoms with Crippen molar-refractivity contribution in [1.82, 2.24) is 4.98 Å². The molecule has 1 aromatic heterocycles. The van der Waals surface area contributed by atoms with E-state index in [1.807, 2.05) is 26.0 Å². The van der Waals surface area contributed by atoms with Gasteiger partial charge in [0.25, 0.3) is 5.56 Å². The molecule has 0 aliphatic carbocycles. The molecule has 0 aliphatic heterocycles. The standard InChI is InChI=1S/C15H14FN3O/c1-9-5-10(2)19-15(20)13(9)8-18-14-4-3-12(16)6-11(14)7-17/h3-6,18H,8H2,1-2H3,(H,19,20). The zero-order valence-electron chi connectivity index (χ0n) is 11.2. The number of nitriles is 1. The van der Waals surface area contributed by atoms with E-state index in [0.717, 1.165) is 17.3 Å². The number of H-pyrrole nitrogens is 1. The normalized spacial score (nSPS) is 10.1. The van der Waals surface area contributed by atoms with Crippen LogP contribution in [0.1, 0.15) is 22.4 Å². The highest BCUT2D eigenvalue weighted by atomic mass is 19.1. The van der Waals surface area contributed by atoms with Crippen molar-refractivity contribution in [3.05, 3.63) is 62.8 Å². The Kier molecular flexibility index (Phi) is 3.85. The van der Waals surface area contributed by atoms with Gasteiger partial charge in [-0.3, -0.25) is 4.79 Å². The average Bonchev–Trinajstić information content (AvgIpc) is 2.38. The second-order valence-electron chi connectivity index (χ2n) is 4.60. The maximum atomic E-state index is 13.0. The van der Waals surface area contributed by atoms with Crippen molar-refractivity contribution in [2.75, 3.05) is 5.32 Å². The van der Waals surface area contributed by atoms with Crippen molar-refractivity contribution in [3.63, 3.8) is 0 Å². The molecule has 0 radical (unpaired) electrons. The number of anilines is 1. The van der Waals surface area contributed by atoms with E-state index in [4.69, 9.17) is 5.26 Å². The maximum Gasteiger partial charge on any atom is 0.253 e. The molecule has 0 bridgehead atoms. The number of benzene rings is 1. The number of hydrogen-bond acceptors (Lipinski definition) is 3. The summed E-state index contributed by atoms with van der Waals surface area (Å²) in [5.74, 6) is -0.462. The Bertz CT molecular complexity index is 744. The summed E-state index contributed by atoms with van der Waals surface area (Å²) in [6.45, 7) is 3.95. The zero-order valence-corrected chi connectivity index (χ0v) is 11.2. The summed E-state index contributed by atoms with van der Waals surface area (Å²) in [6.07, 6.45) is 0. The van der Waals surface area contributed by atoms with Crippen LogP contribution in [0.2, 0.25) is 0 Å². The Morgan fingerprint density at radius 2 is 2.10 bits per heavy atom. The van der Waals surface area contributed by atoms with Crippen LogP contribution in [0.15, 0.2) is 29.1 Å². The van der Waals surface area contributed by atoms with Gasteiger partial charge in [0.2, 0.25) is 0 Å². The first-order chi connectivity index (χ1) is 9.51. The number of aryl methyl sites for hydroxylation is 2. The fraction of sp³-hybridized carbons (Fsp3) is 0.200. The summed E-state index contributed by atoms with van der Waals surface area (Å²) in [6, 6.07) is 7.73. The molecule has 5 heteroatoms. The van der Waals surface area contributed by atoms with Gasteiger partial charge in [-0.1, -0.05) is 0 Å². The largest absolute Gasteiger partial charge is 0.380 e. The van der Waals surface area contributed by atoms with Gasteiger partial charge in [0.05, 0.1) is 11.3 Å². The second kappa shape index (κ2) is 5.57. The molecule has 2 N–H and O–H groups in total. The third-order valence-electron chi connectivity index (χ3n) is 3.05. The number of nitrogens with one attached hydrogen (secondary N) is 2. The van der Waals surface area contributed by atoms with Gasteiger partial charge in [0, 0.05) is 17.8 Å². The smallest absolute Gasteiger partial charge is 0.253 e. The van der Waals surface area contributed by atoms with Crippen LogP contribution in [0.25, 0.3) is 0 Å². The average molecular weight is 271 g/mol. The molecular formula is C15H14FN3O. The fourth-order valence-corrected chi connectivity index (χ4v) is 2.05. The number of rotatable bonds is 3. The molecule has 4 nitrogen and oxygen atoms in total. The third-order valence-corrected chi connectivity index (χ3v) is 3.05. The van der Waals surface area contributed by atoms with E-state index in [0.29, 0.717) is 11.3 Å². The topological polar surface area (TPSA) is 68.7 Å². The van der Waals surface area contributed by atoms with Crippen molar-refractivity contribution in [3.8, 4) is 6.07 Å². The molecule has 0 saturated heterocycles. The van der Waals surface area contributed by atoms with Gasteiger partial charge in [0.1, 0.15) is 11.9 Å². The summed E-state index contributed by atoms with van der Waals surface area (Å²) in [4.78, 5) is 14.6. The molecule has 0 fully saturated rings. The first kappa shape index (κ1) is 13.8. The highest BCUT2D eigenvalue weighted by Gasteiger charge is 2.07. The van der Waals surface area contributed by atoms with Crippen molar-refractivity contribution >= 4 is 5.69 Å². The minimum Gasteiger partial charge on any atom is -0.380 e. The van der Waals surface area contributed by atoms with Crippen LogP contribution in [0.4, 0.5) is 10.1 Å². The predicted molar refractivity (Wildman–Crippen MR) is 75.0 cm³/mol. The minimum absolute atomic E-state index is 0.157. The Labute approximate surface area is 115 Å². The lowest BCUT2D eigenvalue weighted by Crippen LogP contribution is -2.18. The molecule has 0 atom stereocenters. The van der Waals surface area contributed by atoms with Gasteiger partial charge in [-0.2, -0.15) is 5.26 Å². The van der Waals surface area contributed by atoms with Crippen LogP contribution >= 0.6 is 0 Å². The Morgan fingerprint density at radius 1 is 1.35 bits per heavy atom. The molecule has 2 aromatic rings. The summed E-state index contributed by atoms with van der Waals surface area (Å²) in [7, 11) is 0. The van der Waals surface area contributed by atoms with Crippen molar-refractivity contribution in [1.29, 1.82) is 5.26 Å². The van der Waals surface area contributed by atoms with Crippen LogP contribution in [-0.4, -0.2) is 4.98 Å². The quantitative estimate of drug-likeness (QED) is 0.901. The molecule has 1 aromatic carbocycles. The van der Waals surface area contributed by atoms with E-state index >= 15 is 0 Å². The van der Waals surface area contributed by atoms with Gasteiger partial charge in [0.15, 0.2) is 0 Å². The fourth-order valence-electron chi connectivity index (χ4n) is 2.05. The lowest BCUT2D eigenvalue weighted by Gasteiger charge is -2.10. The second-order valence-corrected chi connectivity index (χ2v) is 4.60. The van der Waals surface area contributed by atoms with Crippen molar-refractivity contribution in [2.24, 2.45) is 0 Å². The maximum absolute atomic E-state index is 13.0. The molecule has 0 spiro atoms. The van der Waals surface area contributed by atoms with Crippen LogP contribution in [0.5, 0.6) is 0 Å². The lowest BCUT2D eigenvalue weighted by molar-refractivity contribution is 0.627. The number of aromatic nitrogens is 1. The van der Waals surface area contributed by atoms with Crippen molar-refractivity contribution in [2.45, 2.75) is 20.4 Å². The van der Waals surface area contributed by atoms with Gasteiger partial charge < -0.3 is 10.3 Å². The van der Waals surface area contributed by atoms with E-state index < -0.39 is 5.82 Å². The third kappa shape index (κ3) is 2.86. The number of halogens is 1. The summed E-state index contributed by atoms with van der Waals surface area (Å²) >= 11 is 0. The molecule has 0 saturated carbocycles. The monoisotopic (exact) mass is 271 g/mol. The van der Waals surface area contributed by atoms with Gasteiger partial charge >= 0.3 is 0 Å². The molecule has 0 aliphatic rings. The Morgan fingerprint density at radius 3 is 2.75 bits per heavy atom. The van der Waals surface area contributed by atoms with Crippen LogP contribution in [0, 0.1) is 31.0 Å². The SMILES string of the molecule is Cc1cc(C)c(CNc2ccc(F)cc2C#N)c(=O)[nH]1. The van der Waals surface area contributed by atoms with E-state index in [1.165, 1.54) is 12.1 Å². The Hall–Kier alpha value is -2.61. The number of aromatic amines is 1. The number of nitrogens with zero attached hydrogens (tertiary/aromatic N) is 1. The van der Waals surface area contributed by atoms with E-state index in [9.17, 15) is 9.18 Å². The van der Waals surface area contributed by atoms with E-state index in [2.05, 4.69) is 10.3 Å². The molecule has 102 valence electrons. The highest BCUT2D eigenvalue weighted by Crippen LogP contribution is 2.17. The molecular weight excluding hydrogens is 257 g/mol. The minimum atomic E-state index is -0.462. The van der Waals surface area contributed by atoms with E-state index in [1.54, 1.807) is 0 Å². The van der Waals surface area contributed by atoms with Crippen molar-refractivity contribution < 1.29 is 4.39 Å². The van der Waals surface area contributed by atoms with Gasteiger partial charge in [-0.25, -0.2) is 4.39 Å². The summed E-state index contributed by atoms with van der Waals surface area (Å²) < 4.78 is 13.0. The van der Waals surface area contributed by atoms with Crippen LogP contribution in [0.3, 0.4) is 0 Å². The molecule has 0 amide bonds. The highest BCUT2D eigenvalue weighted by molar-refractivity contribution is 5.57. The molecule has 1 heterocycles. The van der Waals surface area contributed by atoms with E-state index in [-0.39, 0.29) is 17.7 Å². The van der Waals surface area contributed by atoms with Crippen LogP contribution < -0.4 is 10.9 Å². The van der Waals surface area contributed by atoms with Gasteiger partial charge in [-0.05, 0) is 43.7 Å². The van der Waals surface area contributed by atoms with Gasteiger partial charge in [-0.15, -0.1) is 0 Å². The molecule has 20 heavy (non-hydrogen) atoms. The first-order valence-corrected chi connectivity index (χ1v) is 6.14. The first-order valence-electron chi connectivity index (χ1n) is 6.14. The number of hydrogen-bond donors (Lipinski definition) is 2. The number of pyridine rings is 1. The Balaban J connectivity index is 2.26. The predicted octanol–water partition coefficient (Wildman–Crippen LogP) is 2.61. The zero-order chi connectivity index (χ0) is 14.7. The molecule has 0 unspecified atom stereocenters. The summed E-state index contributed by atoms with van der Waals surface area (Å²) in [5.41, 5.74) is 2.84. The lowest BCUT2D eigenvalue weighted by atomic mass is 10.1. The molecule has 2 rings (SSSR count). The summed E-state index contributed by atoms with van der Waals surface area (Å²) in [5, 5.41) is 12.0.